The molecule has 2 aromatic carbocycles. The molecule has 0 bridgehead atoms. The Hall–Kier alpha value is -0.160. The Bertz CT molecular complexity index is 596. The van der Waals surface area contributed by atoms with Crippen LogP contribution in [0, 0.1) is 6.92 Å². The van der Waals surface area contributed by atoms with E-state index in [0.717, 1.165) is 13.4 Å². The quantitative estimate of drug-likeness (QED) is 0.646. The Labute approximate surface area is 139 Å². The van der Waals surface area contributed by atoms with Crippen LogP contribution < -0.4 is 5.32 Å². The summed E-state index contributed by atoms with van der Waals surface area (Å²) in [7, 11) is 1.98. The highest BCUT2D eigenvalue weighted by molar-refractivity contribution is 9.11. The molecule has 1 unspecified atom stereocenters. The van der Waals surface area contributed by atoms with Gasteiger partial charge in [-0.05, 0) is 54.9 Å². The van der Waals surface area contributed by atoms with Gasteiger partial charge in [0.2, 0.25) is 0 Å². The van der Waals surface area contributed by atoms with Crippen LogP contribution in [0.3, 0.4) is 0 Å². The number of nitrogens with one attached hydrogen (secondary N) is 1. The maximum atomic E-state index is 3.63. The first-order valence-corrected chi connectivity index (χ1v) is 8.29. The highest BCUT2D eigenvalue weighted by Gasteiger charge is 2.16. The van der Waals surface area contributed by atoms with Crippen LogP contribution in [0.15, 0.2) is 49.8 Å². The molecule has 0 aliphatic carbocycles. The van der Waals surface area contributed by atoms with Gasteiger partial charge in [0.1, 0.15) is 0 Å². The SMILES string of the molecule is CNC(c1ccc(C)c(Br)c1)c1cc(Br)ccc1Br. The van der Waals surface area contributed by atoms with Crippen molar-refractivity contribution in [1.82, 2.24) is 5.32 Å². The van der Waals surface area contributed by atoms with Gasteiger partial charge in [0.25, 0.3) is 0 Å². The van der Waals surface area contributed by atoms with Gasteiger partial charge in [0.15, 0.2) is 0 Å². The molecule has 2 aromatic rings. The van der Waals surface area contributed by atoms with E-state index in [2.05, 4.69) is 90.4 Å². The Morgan fingerprint density at radius 3 is 2.32 bits per heavy atom. The molecule has 4 heteroatoms. The third-order valence-corrected chi connectivity index (χ3v) is 5.16. The van der Waals surface area contributed by atoms with Gasteiger partial charge in [-0.1, -0.05) is 59.9 Å². The van der Waals surface area contributed by atoms with Gasteiger partial charge < -0.3 is 5.32 Å². The fraction of sp³-hybridized carbons (Fsp3) is 0.200. The minimum atomic E-state index is 0.156. The highest BCUT2D eigenvalue weighted by Crippen LogP contribution is 2.32. The molecule has 2 rings (SSSR count). The van der Waals surface area contributed by atoms with Gasteiger partial charge in [0.05, 0.1) is 6.04 Å². The van der Waals surface area contributed by atoms with Gasteiger partial charge in [-0.25, -0.2) is 0 Å². The van der Waals surface area contributed by atoms with Gasteiger partial charge >= 0.3 is 0 Å². The number of benzene rings is 2. The average Bonchev–Trinajstić information content (AvgIpc) is 2.38. The lowest BCUT2D eigenvalue weighted by Gasteiger charge is -2.20. The molecule has 0 amide bonds. The van der Waals surface area contributed by atoms with E-state index in [0.29, 0.717) is 0 Å². The summed E-state index contributed by atoms with van der Waals surface area (Å²) in [6.07, 6.45) is 0. The average molecular weight is 448 g/mol. The predicted molar refractivity (Wildman–Crippen MR) is 91.6 cm³/mol. The van der Waals surface area contributed by atoms with Crippen LogP contribution in [0.4, 0.5) is 0 Å². The van der Waals surface area contributed by atoms with Crippen LogP contribution >= 0.6 is 47.8 Å². The van der Waals surface area contributed by atoms with Crippen molar-refractivity contribution in [1.29, 1.82) is 0 Å². The van der Waals surface area contributed by atoms with E-state index in [1.54, 1.807) is 0 Å². The van der Waals surface area contributed by atoms with Crippen LogP contribution in [-0.4, -0.2) is 7.05 Å². The minimum absolute atomic E-state index is 0.156. The molecule has 0 heterocycles. The maximum Gasteiger partial charge on any atom is 0.0586 e. The Morgan fingerprint density at radius 2 is 1.68 bits per heavy atom. The first-order chi connectivity index (χ1) is 9.02. The standard InChI is InChI=1S/C15H14Br3N/c1-9-3-4-10(7-14(9)18)15(19-2)12-8-11(16)5-6-13(12)17/h3-8,15,19H,1-2H3. The number of rotatable bonds is 3. The fourth-order valence-corrected chi connectivity index (χ4v) is 3.28. The summed E-state index contributed by atoms with van der Waals surface area (Å²) in [5.41, 5.74) is 3.69. The maximum absolute atomic E-state index is 3.63. The van der Waals surface area contributed by atoms with Crippen molar-refractivity contribution in [3.63, 3.8) is 0 Å². The second-order valence-electron chi connectivity index (χ2n) is 4.40. The molecule has 0 fully saturated rings. The zero-order chi connectivity index (χ0) is 14.0. The molecule has 0 spiro atoms. The monoisotopic (exact) mass is 445 g/mol. The minimum Gasteiger partial charge on any atom is -0.309 e. The third-order valence-electron chi connectivity index (χ3n) is 3.09. The topological polar surface area (TPSA) is 12.0 Å². The molecule has 0 aliphatic heterocycles. The summed E-state index contributed by atoms with van der Waals surface area (Å²) in [6.45, 7) is 2.09. The van der Waals surface area contributed by atoms with Crippen molar-refractivity contribution in [3.8, 4) is 0 Å². The molecule has 1 atom stereocenters. The van der Waals surface area contributed by atoms with Gasteiger partial charge in [-0.3, -0.25) is 0 Å². The van der Waals surface area contributed by atoms with E-state index >= 15 is 0 Å². The highest BCUT2D eigenvalue weighted by atomic mass is 79.9. The van der Waals surface area contributed by atoms with Crippen molar-refractivity contribution in [3.05, 3.63) is 66.5 Å². The predicted octanol–water partition coefficient (Wildman–Crippen LogP) is 5.59. The molecule has 0 saturated carbocycles. The second kappa shape index (κ2) is 6.53. The fourth-order valence-electron chi connectivity index (χ4n) is 2.03. The normalized spacial score (nSPS) is 12.5. The van der Waals surface area contributed by atoms with E-state index in [-0.39, 0.29) is 6.04 Å². The lowest BCUT2D eigenvalue weighted by Crippen LogP contribution is -2.18. The Morgan fingerprint density at radius 1 is 0.947 bits per heavy atom. The van der Waals surface area contributed by atoms with E-state index in [1.807, 2.05) is 13.1 Å². The third kappa shape index (κ3) is 3.48. The molecule has 0 radical (unpaired) electrons. The zero-order valence-corrected chi connectivity index (χ0v) is 15.4. The van der Waals surface area contributed by atoms with Gasteiger partial charge in [-0.2, -0.15) is 0 Å². The van der Waals surface area contributed by atoms with Crippen molar-refractivity contribution < 1.29 is 0 Å². The summed E-state index contributed by atoms with van der Waals surface area (Å²) in [4.78, 5) is 0. The Kier molecular flexibility index (Phi) is 5.23. The molecular weight excluding hydrogens is 434 g/mol. The summed E-state index contributed by atoms with van der Waals surface area (Å²) in [5, 5.41) is 3.38. The van der Waals surface area contributed by atoms with Crippen molar-refractivity contribution >= 4 is 47.8 Å². The van der Waals surface area contributed by atoms with Gasteiger partial charge in [-0.15, -0.1) is 0 Å². The summed E-state index contributed by atoms with van der Waals surface area (Å²) in [5.74, 6) is 0. The first-order valence-electron chi connectivity index (χ1n) is 5.91. The number of aryl methyl sites for hydroxylation is 1. The van der Waals surface area contributed by atoms with Crippen LogP contribution in [0.5, 0.6) is 0 Å². The van der Waals surface area contributed by atoms with Crippen LogP contribution in [0.1, 0.15) is 22.7 Å². The van der Waals surface area contributed by atoms with Crippen molar-refractivity contribution in [2.24, 2.45) is 0 Å². The molecule has 0 aliphatic rings. The van der Waals surface area contributed by atoms with Crippen LogP contribution in [0.25, 0.3) is 0 Å². The summed E-state index contributed by atoms with van der Waals surface area (Å²) >= 11 is 10.8. The summed E-state index contributed by atoms with van der Waals surface area (Å²) in [6, 6.07) is 12.9. The smallest absolute Gasteiger partial charge is 0.0586 e. The molecule has 1 nitrogen and oxygen atoms in total. The van der Waals surface area contributed by atoms with Crippen LogP contribution in [0.2, 0.25) is 0 Å². The Balaban J connectivity index is 2.49. The second-order valence-corrected chi connectivity index (χ2v) is 7.02. The van der Waals surface area contributed by atoms with E-state index in [1.165, 1.54) is 16.7 Å². The van der Waals surface area contributed by atoms with E-state index in [9.17, 15) is 0 Å². The van der Waals surface area contributed by atoms with Gasteiger partial charge in [0, 0.05) is 13.4 Å². The molecule has 1 N–H and O–H groups in total. The van der Waals surface area contributed by atoms with Crippen molar-refractivity contribution in [2.75, 3.05) is 7.05 Å². The zero-order valence-electron chi connectivity index (χ0n) is 10.7. The number of hydrogen-bond acceptors (Lipinski definition) is 1. The van der Waals surface area contributed by atoms with E-state index in [4.69, 9.17) is 0 Å². The summed E-state index contributed by atoms with van der Waals surface area (Å²) < 4.78 is 3.32. The van der Waals surface area contributed by atoms with Crippen molar-refractivity contribution in [2.45, 2.75) is 13.0 Å². The first kappa shape index (κ1) is 15.2. The number of halogens is 3. The molecular formula is C15H14Br3N. The lowest BCUT2D eigenvalue weighted by molar-refractivity contribution is 0.688. The largest absolute Gasteiger partial charge is 0.309 e. The number of hydrogen-bond donors (Lipinski definition) is 1. The van der Waals surface area contributed by atoms with Crippen LogP contribution in [-0.2, 0) is 0 Å². The molecule has 19 heavy (non-hydrogen) atoms. The van der Waals surface area contributed by atoms with E-state index < -0.39 is 0 Å². The molecule has 100 valence electrons. The molecule has 0 aromatic heterocycles. The molecule has 0 saturated heterocycles. The lowest BCUT2D eigenvalue weighted by atomic mass is 9.98.